The number of hydrogen-bond donors (Lipinski definition) is 3. The number of nitrogens with one attached hydrogen (secondary N) is 3. The predicted octanol–water partition coefficient (Wildman–Crippen LogP) is 5.61. The Morgan fingerprint density at radius 2 is 1.79 bits per heavy atom. The van der Waals surface area contributed by atoms with Crippen LogP contribution in [0.5, 0.6) is 5.75 Å². The number of hydrogen-bond acceptors (Lipinski definition) is 5. The maximum atomic E-state index is 14.5. The van der Waals surface area contributed by atoms with Crippen LogP contribution in [0.25, 0.3) is 0 Å². The number of carbonyl (C=O) groups is 2. The Hall–Kier alpha value is -3.86. The smallest absolute Gasteiger partial charge is 0.410 e. The van der Waals surface area contributed by atoms with Gasteiger partial charge in [-0.1, -0.05) is 11.6 Å². The first-order valence-corrected chi connectivity index (χ1v) is 9.55. The highest BCUT2D eigenvalue weighted by molar-refractivity contribution is 6.31. The minimum Gasteiger partial charge on any atom is -0.410 e. The molecule has 0 saturated carbocycles. The summed E-state index contributed by atoms with van der Waals surface area (Å²) in [6, 6.07) is 9.19. The van der Waals surface area contributed by atoms with E-state index in [2.05, 4.69) is 20.9 Å². The average molecular weight is 483 g/mol. The van der Waals surface area contributed by atoms with Crippen molar-refractivity contribution in [1.29, 1.82) is 0 Å². The Bertz CT molecular complexity index is 1200. The lowest BCUT2D eigenvalue weighted by atomic mass is 10.2. The first-order chi connectivity index (χ1) is 15.6. The van der Waals surface area contributed by atoms with Crippen molar-refractivity contribution >= 4 is 40.7 Å². The van der Waals surface area contributed by atoms with Gasteiger partial charge in [0.05, 0.1) is 16.3 Å². The highest BCUT2D eigenvalue weighted by atomic mass is 35.5. The molecule has 3 N–H and O–H groups in total. The molecule has 12 heteroatoms. The highest BCUT2D eigenvalue weighted by Gasteiger charge is 2.33. The summed E-state index contributed by atoms with van der Waals surface area (Å²) in [4.78, 5) is 27.6. The van der Waals surface area contributed by atoms with Gasteiger partial charge in [-0.15, -0.1) is 0 Å². The van der Waals surface area contributed by atoms with E-state index in [1.165, 1.54) is 37.5 Å². The molecule has 2 amide bonds. The molecule has 3 rings (SSSR count). The number of nitrogens with zero attached hydrogens (tertiary/aromatic N) is 1. The number of alkyl halides is 3. The van der Waals surface area contributed by atoms with Crippen molar-refractivity contribution < 1.29 is 31.9 Å². The van der Waals surface area contributed by atoms with Gasteiger partial charge in [0.15, 0.2) is 0 Å². The molecule has 0 saturated heterocycles. The van der Waals surface area contributed by atoms with E-state index in [1.54, 1.807) is 0 Å². The molecule has 0 spiro atoms. The molecule has 0 atom stereocenters. The van der Waals surface area contributed by atoms with E-state index in [-0.39, 0.29) is 22.8 Å². The number of rotatable bonds is 5. The first-order valence-electron chi connectivity index (χ1n) is 9.17. The second-order valence-corrected chi connectivity index (χ2v) is 6.89. The lowest BCUT2D eigenvalue weighted by Crippen LogP contribution is -2.19. The van der Waals surface area contributed by atoms with Crippen LogP contribution in [0.4, 0.5) is 39.4 Å². The molecule has 0 radical (unpaired) electrons. The van der Waals surface area contributed by atoms with Gasteiger partial charge in [0.25, 0.3) is 5.91 Å². The van der Waals surface area contributed by atoms with Gasteiger partial charge in [-0.25, -0.2) is 9.18 Å². The Balaban J connectivity index is 1.68. The number of halogens is 5. The normalized spacial score (nSPS) is 11.0. The van der Waals surface area contributed by atoms with Gasteiger partial charge in [0.2, 0.25) is 0 Å². The Morgan fingerprint density at radius 3 is 2.45 bits per heavy atom. The Morgan fingerprint density at radius 1 is 1.03 bits per heavy atom. The van der Waals surface area contributed by atoms with Gasteiger partial charge in [-0.2, -0.15) is 13.2 Å². The van der Waals surface area contributed by atoms with E-state index in [0.29, 0.717) is 11.8 Å². The third-order valence-electron chi connectivity index (χ3n) is 4.17. The lowest BCUT2D eigenvalue weighted by Gasteiger charge is -2.12. The monoisotopic (exact) mass is 482 g/mol. The van der Waals surface area contributed by atoms with Crippen molar-refractivity contribution in [3.8, 4) is 5.75 Å². The van der Waals surface area contributed by atoms with Crippen LogP contribution in [0.15, 0.2) is 54.7 Å². The summed E-state index contributed by atoms with van der Waals surface area (Å²) in [5, 5.41) is 6.79. The van der Waals surface area contributed by atoms with Crippen LogP contribution in [0.1, 0.15) is 16.1 Å². The summed E-state index contributed by atoms with van der Waals surface area (Å²) in [7, 11) is 1.45. The number of ether oxygens (including phenoxy) is 1. The summed E-state index contributed by atoms with van der Waals surface area (Å²) >= 11 is 5.53. The van der Waals surface area contributed by atoms with E-state index in [4.69, 9.17) is 16.3 Å². The van der Waals surface area contributed by atoms with E-state index >= 15 is 0 Å². The standard InChI is InChI=1S/C21H15ClF4N4O3/c1-27-19(31)18-9-12(6-7-28-18)29-17-5-3-13(10-16(17)23)33-20(32)30-11-2-4-15(22)14(8-11)21(24,25)26/h2-10H,1H3,(H,27,31)(H,28,29)(H,30,32). The maximum absolute atomic E-state index is 14.5. The highest BCUT2D eigenvalue weighted by Crippen LogP contribution is 2.36. The largest absolute Gasteiger partial charge is 0.417 e. The van der Waals surface area contributed by atoms with Crippen LogP contribution in [0.2, 0.25) is 5.02 Å². The molecular formula is C21H15ClF4N4O3. The van der Waals surface area contributed by atoms with Crippen molar-refractivity contribution in [2.75, 3.05) is 17.7 Å². The van der Waals surface area contributed by atoms with Crippen LogP contribution < -0.4 is 20.7 Å². The van der Waals surface area contributed by atoms with Crippen molar-refractivity contribution in [3.63, 3.8) is 0 Å². The molecule has 0 aliphatic carbocycles. The molecule has 0 fully saturated rings. The Kier molecular flexibility index (Phi) is 7.02. The minimum atomic E-state index is -4.71. The lowest BCUT2D eigenvalue weighted by molar-refractivity contribution is -0.137. The van der Waals surface area contributed by atoms with Gasteiger partial charge >= 0.3 is 12.3 Å². The van der Waals surface area contributed by atoms with Gasteiger partial charge in [-0.05, 0) is 42.5 Å². The molecule has 0 bridgehead atoms. The van der Waals surface area contributed by atoms with E-state index in [9.17, 15) is 27.2 Å². The molecule has 0 aliphatic rings. The van der Waals surface area contributed by atoms with Crippen molar-refractivity contribution in [2.24, 2.45) is 0 Å². The number of aromatic nitrogens is 1. The third-order valence-corrected chi connectivity index (χ3v) is 4.50. The number of pyridine rings is 1. The van der Waals surface area contributed by atoms with Crippen molar-refractivity contribution in [3.05, 3.63) is 76.8 Å². The van der Waals surface area contributed by atoms with E-state index < -0.39 is 34.6 Å². The number of carbonyl (C=O) groups excluding carboxylic acids is 2. The number of amides is 2. The zero-order chi connectivity index (χ0) is 24.2. The van der Waals surface area contributed by atoms with Gasteiger partial charge < -0.3 is 15.4 Å². The summed E-state index contributed by atoms with van der Waals surface area (Å²) in [6.07, 6.45) is -4.47. The molecule has 33 heavy (non-hydrogen) atoms. The molecular weight excluding hydrogens is 468 g/mol. The number of benzene rings is 2. The fourth-order valence-corrected chi connectivity index (χ4v) is 2.87. The van der Waals surface area contributed by atoms with Crippen LogP contribution in [0.3, 0.4) is 0 Å². The van der Waals surface area contributed by atoms with Crippen LogP contribution in [-0.2, 0) is 6.18 Å². The summed E-state index contributed by atoms with van der Waals surface area (Å²) in [5.74, 6) is -1.40. The molecule has 2 aromatic carbocycles. The summed E-state index contributed by atoms with van der Waals surface area (Å²) in [5.41, 5.74) is -0.809. The molecule has 172 valence electrons. The molecule has 1 heterocycles. The molecule has 3 aromatic rings. The van der Waals surface area contributed by atoms with Gasteiger partial charge in [0, 0.05) is 30.7 Å². The van der Waals surface area contributed by atoms with E-state index in [1.807, 2.05) is 0 Å². The molecule has 0 aliphatic heterocycles. The van der Waals surface area contributed by atoms with Crippen LogP contribution in [0, 0.1) is 5.82 Å². The molecule has 0 unspecified atom stereocenters. The fourth-order valence-electron chi connectivity index (χ4n) is 2.65. The predicted molar refractivity (Wildman–Crippen MR) is 113 cm³/mol. The Labute approximate surface area is 189 Å². The zero-order valence-corrected chi connectivity index (χ0v) is 17.5. The summed E-state index contributed by atoms with van der Waals surface area (Å²) < 4.78 is 58.2. The zero-order valence-electron chi connectivity index (χ0n) is 16.8. The topological polar surface area (TPSA) is 92.4 Å². The van der Waals surface area contributed by atoms with Crippen LogP contribution in [-0.4, -0.2) is 24.0 Å². The van der Waals surface area contributed by atoms with Crippen molar-refractivity contribution in [1.82, 2.24) is 10.3 Å². The molecule has 1 aromatic heterocycles. The van der Waals surface area contributed by atoms with Crippen molar-refractivity contribution in [2.45, 2.75) is 6.18 Å². The fraction of sp³-hybridized carbons (Fsp3) is 0.0952. The SMILES string of the molecule is CNC(=O)c1cc(Nc2ccc(OC(=O)Nc3ccc(Cl)c(C(F)(F)F)c3)cc2F)ccn1. The first kappa shape index (κ1) is 23.8. The molecule has 7 nitrogen and oxygen atoms in total. The minimum absolute atomic E-state index is 0.0179. The average Bonchev–Trinajstić information content (AvgIpc) is 2.76. The maximum Gasteiger partial charge on any atom is 0.417 e. The van der Waals surface area contributed by atoms with Crippen LogP contribution >= 0.6 is 11.6 Å². The number of anilines is 3. The second kappa shape index (κ2) is 9.74. The second-order valence-electron chi connectivity index (χ2n) is 6.48. The third kappa shape index (κ3) is 6.10. The quantitative estimate of drug-likeness (QED) is 0.411. The van der Waals surface area contributed by atoms with E-state index in [0.717, 1.165) is 18.2 Å². The van der Waals surface area contributed by atoms with Gasteiger partial charge in [-0.3, -0.25) is 15.1 Å². The summed E-state index contributed by atoms with van der Waals surface area (Å²) in [6.45, 7) is 0. The van der Waals surface area contributed by atoms with Gasteiger partial charge in [0.1, 0.15) is 17.3 Å².